The van der Waals surface area contributed by atoms with Gasteiger partial charge in [-0.15, -0.1) is 0 Å². The first-order valence-electron chi connectivity index (χ1n) is 6.66. The van der Waals surface area contributed by atoms with Gasteiger partial charge < -0.3 is 10.8 Å². The van der Waals surface area contributed by atoms with Crippen LogP contribution in [0.2, 0.25) is 0 Å². The van der Waals surface area contributed by atoms with E-state index in [1.165, 1.54) is 12.8 Å². The lowest BCUT2D eigenvalue weighted by Gasteiger charge is -2.44. The number of benzene rings is 1. The Morgan fingerprint density at radius 1 is 1.24 bits per heavy atom. The van der Waals surface area contributed by atoms with E-state index < -0.39 is 5.60 Å². The molecule has 1 aliphatic carbocycles. The normalized spacial score (nSPS) is 22.3. The second-order valence-corrected chi connectivity index (χ2v) is 5.27. The monoisotopic (exact) mass is 233 g/mol. The first-order valence-corrected chi connectivity index (χ1v) is 6.66. The zero-order chi connectivity index (χ0) is 12.4. The van der Waals surface area contributed by atoms with Gasteiger partial charge in [0.15, 0.2) is 0 Å². The van der Waals surface area contributed by atoms with E-state index in [0.717, 1.165) is 24.8 Å². The molecule has 17 heavy (non-hydrogen) atoms. The van der Waals surface area contributed by atoms with Gasteiger partial charge in [-0.25, -0.2) is 0 Å². The summed E-state index contributed by atoms with van der Waals surface area (Å²) in [7, 11) is 0. The second kappa shape index (κ2) is 4.79. The Hall–Kier alpha value is -0.860. The van der Waals surface area contributed by atoms with Crippen molar-refractivity contribution in [1.29, 1.82) is 0 Å². The summed E-state index contributed by atoms with van der Waals surface area (Å²) in [5.41, 5.74) is 6.14. The van der Waals surface area contributed by atoms with Gasteiger partial charge in [0, 0.05) is 12.0 Å². The molecule has 0 aliphatic heterocycles. The molecular weight excluding hydrogens is 210 g/mol. The molecule has 1 aromatic rings. The molecule has 2 nitrogen and oxygen atoms in total. The van der Waals surface area contributed by atoms with Crippen LogP contribution in [-0.2, 0) is 5.60 Å². The third-order valence-corrected chi connectivity index (χ3v) is 4.59. The molecule has 0 radical (unpaired) electrons. The van der Waals surface area contributed by atoms with Gasteiger partial charge in [-0.3, -0.25) is 0 Å². The van der Waals surface area contributed by atoms with Crippen molar-refractivity contribution < 1.29 is 5.11 Å². The van der Waals surface area contributed by atoms with E-state index in [4.69, 9.17) is 5.73 Å². The maximum atomic E-state index is 11.2. The summed E-state index contributed by atoms with van der Waals surface area (Å²) in [6.45, 7) is 2.63. The quantitative estimate of drug-likeness (QED) is 0.840. The molecule has 2 heteroatoms. The minimum absolute atomic E-state index is 0.122. The fourth-order valence-corrected chi connectivity index (χ4v) is 3.44. The van der Waals surface area contributed by atoms with E-state index in [1.54, 1.807) is 0 Å². The highest BCUT2D eigenvalue weighted by molar-refractivity contribution is 5.26. The zero-order valence-electron chi connectivity index (χ0n) is 10.7. The van der Waals surface area contributed by atoms with E-state index in [0.29, 0.717) is 6.54 Å². The van der Waals surface area contributed by atoms with Gasteiger partial charge in [0.1, 0.15) is 0 Å². The lowest BCUT2D eigenvalue weighted by atomic mass is 9.65. The number of hydrogen-bond acceptors (Lipinski definition) is 2. The minimum Gasteiger partial charge on any atom is -0.385 e. The summed E-state index contributed by atoms with van der Waals surface area (Å²) >= 11 is 0. The van der Waals surface area contributed by atoms with Crippen molar-refractivity contribution in [3.63, 3.8) is 0 Å². The van der Waals surface area contributed by atoms with Crippen LogP contribution in [0.5, 0.6) is 0 Å². The van der Waals surface area contributed by atoms with E-state index in [-0.39, 0.29) is 5.41 Å². The average Bonchev–Trinajstić information content (AvgIpc) is 2.89. The minimum atomic E-state index is -0.764. The largest absolute Gasteiger partial charge is 0.385 e. The molecule has 0 bridgehead atoms. The number of hydrogen-bond donors (Lipinski definition) is 2. The highest BCUT2D eigenvalue weighted by atomic mass is 16.3. The third kappa shape index (κ3) is 1.90. The maximum absolute atomic E-state index is 11.2. The molecule has 3 N–H and O–H groups in total. The predicted molar refractivity (Wildman–Crippen MR) is 70.6 cm³/mol. The lowest BCUT2D eigenvalue weighted by molar-refractivity contribution is -0.0883. The molecule has 1 saturated carbocycles. The molecule has 0 saturated heterocycles. The van der Waals surface area contributed by atoms with Gasteiger partial charge in [0.25, 0.3) is 0 Å². The summed E-state index contributed by atoms with van der Waals surface area (Å²) in [6.07, 6.45) is 5.19. The lowest BCUT2D eigenvalue weighted by Crippen LogP contribution is -2.48. The van der Waals surface area contributed by atoms with Crippen molar-refractivity contribution in [2.45, 2.75) is 44.6 Å². The van der Waals surface area contributed by atoms with Crippen molar-refractivity contribution in [3.8, 4) is 0 Å². The van der Waals surface area contributed by atoms with Gasteiger partial charge in [-0.1, -0.05) is 50.1 Å². The van der Waals surface area contributed by atoms with Crippen molar-refractivity contribution >= 4 is 0 Å². The van der Waals surface area contributed by atoms with Crippen LogP contribution in [0.15, 0.2) is 30.3 Å². The molecular formula is C15H23NO. The van der Waals surface area contributed by atoms with Gasteiger partial charge in [0.05, 0.1) is 5.60 Å². The molecule has 1 aromatic carbocycles. The fraction of sp³-hybridized carbons (Fsp3) is 0.600. The summed E-state index contributed by atoms with van der Waals surface area (Å²) in [5.74, 6) is 0. The highest BCUT2D eigenvalue weighted by Crippen LogP contribution is 2.52. The molecule has 0 heterocycles. The topological polar surface area (TPSA) is 46.2 Å². The highest BCUT2D eigenvalue weighted by Gasteiger charge is 2.50. The number of nitrogens with two attached hydrogens (primary N) is 1. The van der Waals surface area contributed by atoms with Crippen LogP contribution in [0.1, 0.15) is 44.6 Å². The molecule has 94 valence electrons. The zero-order valence-corrected chi connectivity index (χ0v) is 10.7. The smallest absolute Gasteiger partial charge is 0.0961 e. The average molecular weight is 233 g/mol. The van der Waals surface area contributed by atoms with Crippen LogP contribution >= 0.6 is 0 Å². The summed E-state index contributed by atoms with van der Waals surface area (Å²) in [5, 5.41) is 11.2. The van der Waals surface area contributed by atoms with Crippen LogP contribution in [0.25, 0.3) is 0 Å². The molecule has 1 aliphatic rings. The summed E-state index contributed by atoms with van der Waals surface area (Å²) in [6, 6.07) is 10.0. The summed E-state index contributed by atoms with van der Waals surface area (Å²) < 4.78 is 0. The van der Waals surface area contributed by atoms with Gasteiger partial charge >= 0.3 is 0 Å². The van der Waals surface area contributed by atoms with Crippen LogP contribution in [0, 0.1) is 5.41 Å². The Kier molecular flexibility index (Phi) is 3.55. The van der Waals surface area contributed by atoms with E-state index in [2.05, 4.69) is 6.92 Å². The van der Waals surface area contributed by atoms with Crippen molar-refractivity contribution in [2.75, 3.05) is 6.54 Å². The molecule has 0 aromatic heterocycles. The van der Waals surface area contributed by atoms with Crippen LogP contribution in [0.3, 0.4) is 0 Å². The van der Waals surface area contributed by atoms with Gasteiger partial charge in [-0.2, -0.15) is 0 Å². The van der Waals surface area contributed by atoms with Gasteiger partial charge in [-0.05, 0) is 24.8 Å². The molecule has 0 amide bonds. The first kappa shape index (κ1) is 12.6. The molecule has 1 atom stereocenters. The maximum Gasteiger partial charge on any atom is 0.0961 e. The SMILES string of the molecule is CCC(O)(c1ccccc1)C1(CN)CCCC1. The van der Waals surface area contributed by atoms with Crippen molar-refractivity contribution in [3.05, 3.63) is 35.9 Å². The molecule has 2 rings (SSSR count). The predicted octanol–water partition coefficient (Wildman–Crippen LogP) is 2.80. The molecule has 1 unspecified atom stereocenters. The second-order valence-electron chi connectivity index (χ2n) is 5.27. The molecule has 1 fully saturated rings. The van der Waals surface area contributed by atoms with Crippen LogP contribution in [-0.4, -0.2) is 11.7 Å². The number of aliphatic hydroxyl groups is 1. The van der Waals surface area contributed by atoms with Crippen molar-refractivity contribution in [1.82, 2.24) is 0 Å². The summed E-state index contributed by atoms with van der Waals surface area (Å²) in [4.78, 5) is 0. The standard InChI is InChI=1S/C15H23NO/c1-2-15(17,13-8-4-3-5-9-13)14(12-16)10-6-7-11-14/h3-5,8-9,17H,2,6-7,10-12,16H2,1H3. The van der Waals surface area contributed by atoms with E-state index in [9.17, 15) is 5.11 Å². The Bertz CT molecular complexity index is 356. The van der Waals surface area contributed by atoms with Crippen molar-refractivity contribution in [2.24, 2.45) is 11.1 Å². The van der Waals surface area contributed by atoms with E-state index >= 15 is 0 Å². The number of rotatable bonds is 4. The van der Waals surface area contributed by atoms with E-state index in [1.807, 2.05) is 30.3 Å². The fourth-order valence-electron chi connectivity index (χ4n) is 3.44. The Morgan fingerprint density at radius 3 is 2.29 bits per heavy atom. The molecule has 0 spiro atoms. The first-order chi connectivity index (χ1) is 8.18. The third-order valence-electron chi connectivity index (χ3n) is 4.59. The Balaban J connectivity index is 2.43. The Morgan fingerprint density at radius 2 is 1.82 bits per heavy atom. The Labute approximate surface area is 104 Å². The van der Waals surface area contributed by atoms with Crippen LogP contribution in [0.4, 0.5) is 0 Å². The van der Waals surface area contributed by atoms with Crippen LogP contribution < -0.4 is 5.73 Å². The van der Waals surface area contributed by atoms with Gasteiger partial charge in [0.2, 0.25) is 0 Å².